The van der Waals surface area contributed by atoms with Gasteiger partial charge >= 0.3 is 0 Å². The van der Waals surface area contributed by atoms with Crippen molar-refractivity contribution in [2.24, 2.45) is 0 Å². The molecule has 1 N–H and O–H groups in total. The molecule has 30 heavy (non-hydrogen) atoms. The van der Waals surface area contributed by atoms with Crippen molar-refractivity contribution in [1.82, 2.24) is 14.8 Å². The zero-order valence-corrected chi connectivity index (χ0v) is 18.3. The first-order chi connectivity index (χ1) is 14.5. The number of nitrogens with zero attached hydrogens (tertiary/aromatic N) is 3. The van der Waals surface area contributed by atoms with Crippen LogP contribution in [0.15, 0.2) is 59.8 Å². The molecule has 0 saturated heterocycles. The predicted molar refractivity (Wildman–Crippen MR) is 118 cm³/mol. The summed E-state index contributed by atoms with van der Waals surface area (Å²) in [6.45, 7) is 6.45. The number of hydrogen-bond acceptors (Lipinski definition) is 6. The molecule has 2 atom stereocenters. The lowest BCUT2D eigenvalue weighted by molar-refractivity contribution is -0.115. The topological polar surface area (TPSA) is 78.3 Å². The molecule has 0 aliphatic rings. The minimum Gasteiger partial charge on any atom is -0.493 e. The molecule has 1 heterocycles. The monoisotopic (exact) mass is 426 g/mol. The first-order valence-corrected chi connectivity index (χ1v) is 10.7. The van der Waals surface area contributed by atoms with E-state index in [-0.39, 0.29) is 17.3 Å². The molecule has 0 aliphatic carbocycles. The summed E-state index contributed by atoms with van der Waals surface area (Å²) in [5.74, 6) is 1.91. The maximum atomic E-state index is 12.5. The summed E-state index contributed by atoms with van der Waals surface area (Å²) in [6.07, 6.45) is -0.337. The van der Waals surface area contributed by atoms with Crippen molar-refractivity contribution in [2.75, 3.05) is 12.4 Å². The Bertz CT molecular complexity index is 978. The van der Waals surface area contributed by atoms with Gasteiger partial charge in [-0.1, -0.05) is 42.1 Å². The zero-order chi connectivity index (χ0) is 21.5. The van der Waals surface area contributed by atoms with E-state index in [0.29, 0.717) is 29.0 Å². The molecular weight excluding hydrogens is 400 g/mol. The standard InChI is InChI=1S/C22H26N4O3S/c1-5-26-20(15(2)29-19-14-10-9-13-18(19)28-4)24-25-22(26)30-16(3)21(27)23-17-11-7-6-8-12-17/h6-16H,5H2,1-4H3,(H,23,27). The van der Waals surface area contributed by atoms with Crippen LogP contribution in [0.1, 0.15) is 32.7 Å². The van der Waals surface area contributed by atoms with Crippen molar-refractivity contribution >= 4 is 23.4 Å². The molecule has 0 spiro atoms. The van der Waals surface area contributed by atoms with Gasteiger partial charge in [0.05, 0.1) is 12.4 Å². The van der Waals surface area contributed by atoms with Gasteiger partial charge in [0.25, 0.3) is 0 Å². The van der Waals surface area contributed by atoms with E-state index in [2.05, 4.69) is 15.5 Å². The molecule has 2 unspecified atom stereocenters. The van der Waals surface area contributed by atoms with Crippen LogP contribution in [0.5, 0.6) is 11.5 Å². The highest BCUT2D eigenvalue weighted by molar-refractivity contribution is 8.00. The molecule has 0 bridgehead atoms. The largest absolute Gasteiger partial charge is 0.493 e. The third kappa shape index (κ3) is 5.13. The van der Waals surface area contributed by atoms with E-state index in [1.54, 1.807) is 7.11 Å². The summed E-state index contributed by atoms with van der Waals surface area (Å²) in [5.41, 5.74) is 0.770. The Balaban J connectivity index is 1.71. The van der Waals surface area contributed by atoms with Crippen LogP contribution >= 0.6 is 11.8 Å². The second-order valence-corrected chi connectivity index (χ2v) is 7.92. The number of amides is 1. The van der Waals surface area contributed by atoms with Crippen LogP contribution < -0.4 is 14.8 Å². The summed E-state index contributed by atoms with van der Waals surface area (Å²) in [6, 6.07) is 16.9. The highest BCUT2D eigenvalue weighted by Crippen LogP contribution is 2.31. The molecule has 0 saturated carbocycles. The lowest BCUT2D eigenvalue weighted by Crippen LogP contribution is -2.23. The predicted octanol–water partition coefficient (Wildman–Crippen LogP) is 4.57. The van der Waals surface area contributed by atoms with Crippen molar-refractivity contribution in [2.45, 2.75) is 43.8 Å². The van der Waals surface area contributed by atoms with Crippen LogP contribution in [0.3, 0.4) is 0 Å². The quantitative estimate of drug-likeness (QED) is 0.505. The summed E-state index contributed by atoms with van der Waals surface area (Å²) in [4.78, 5) is 12.5. The number of ether oxygens (including phenoxy) is 2. The van der Waals surface area contributed by atoms with E-state index < -0.39 is 0 Å². The highest BCUT2D eigenvalue weighted by Gasteiger charge is 2.23. The summed E-state index contributed by atoms with van der Waals surface area (Å²) >= 11 is 1.37. The Morgan fingerprint density at radius 3 is 2.40 bits per heavy atom. The van der Waals surface area contributed by atoms with Crippen molar-refractivity contribution in [3.8, 4) is 11.5 Å². The zero-order valence-electron chi connectivity index (χ0n) is 17.5. The van der Waals surface area contributed by atoms with Gasteiger partial charge in [-0.15, -0.1) is 10.2 Å². The molecule has 2 aromatic carbocycles. The number of thioether (sulfide) groups is 1. The fraction of sp³-hybridized carbons (Fsp3) is 0.318. The van der Waals surface area contributed by atoms with Gasteiger partial charge in [0, 0.05) is 12.2 Å². The Morgan fingerprint density at radius 2 is 1.73 bits per heavy atom. The maximum Gasteiger partial charge on any atom is 0.237 e. The van der Waals surface area contributed by atoms with Gasteiger partial charge in [0.2, 0.25) is 5.91 Å². The molecule has 7 nitrogen and oxygen atoms in total. The molecule has 8 heteroatoms. The van der Waals surface area contributed by atoms with Crippen LogP contribution in [0.25, 0.3) is 0 Å². The second kappa shape index (κ2) is 10.2. The van der Waals surface area contributed by atoms with Crippen LogP contribution in [-0.2, 0) is 11.3 Å². The first-order valence-electron chi connectivity index (χ1n) is 9.78. The van der Waals surface area contributed by atoms with E-state index in [1.807, 2.05) is 79.9 Å². The van der Waals surface area contributed by atoms with E-state index >= 15 is 0 Å². The minimum atomic E-state index is -0.337. The van der Waals surface area contributed by atoms with Crippen LogP contribution in [0.2, 0.25) is 0 Å². The number of rotatable bonds is 9. The summed E-state index contributed by atoms with van der Waals surface area (Å²) < 4.78 is 13.4. The van der Waals surface area contributed by atoms with Gasteiger partial charge in [-0.25, -0.2) is 0 Å². The smallest absolute Gasteiger partial charge is 0.237 e. The van der Waals surface area contributed by atoms with Gasteiger partial charge in [-0.2, -0.15) is 0 Å². The molecule has 3 rings (SSSR count). The van der Waals surface area contributed by atoms with Crippen molar-refractivity contribution in [1.29, 1.82) is 0 Å². The minimum absolute atomic E-state index is 0.0864. The van der Waals surface area contributed by atoms with E-state index in [9.17, 15) is 4.79 Å². The van der Waals surface area contributed by atoms with Crippen molar-refractivity contribution < 1.29 is 14.3 Å². The summed E-state index contributed by atoms with van der Waals surface area (Å²) in [5, 5.41) is 11.9. The number of para-hydroxylation sites is 3. The van der Waals surface area contributed by atoms with Crippen LogP contribution in [-0.4, -0.2) is 33.0 Å². The second-order valence-electron chi connectivity index (χ2n) is 6.61. The molecule has 0 aliphatic heterocycles. The number of methoxy groups -OCH3 is 1. The number of hydrogen-bond donors (Lipinski definition) is 1. The SMILES string of the molecule is CCn1c(SC(C)C(=O)Nc2ccccc2)nnc1C(C)Oc1ccccc1OC. The Kier molecular flexibility index (Phi) is 7.35. The average Bonchev–Trinajstić information content (AvgIpc) is 3.17. The van der Waals surface area contributed by atoms with Gasteiger partial charge in [-0.05, 0) is 45.0 Å². The number of aromatic nitrogens is 3. The Labute approximate surface area is 180 Å². The third-order valence-corrected chi connectivity index (χ3v) is 5.57. The Morgan fingerprint density at radius 1 is 1.07 bits per heavy atom. The van der Waals surface area contributed by atoms with Crippen molar-refractivity contribution in [3.05, 3.63) is 60.4 Å². The van der Waals surface area contributed by atoms with Gasteiger partial charge in [0.15, 0.2) is 28.6 Å². The van der Waals surface area contributed by atoms with Gasteiger partial charge in [0.1, 0.15) is 0 Å². The number of nitrogens with one attached hydrogen (secondary N) is 1. The number of benzene rings is 2. The maximum absolute atomic E-state index is 12.5. The molecule has 0 radical (unpaired) electrons. The first kappa shape index (κ1) is 21.7. The fourth-order valence-corrected chi connectivity index (χ4v) is 3.84. The van der Waals surface area contributed by atoms with Gasteiger partial charge in [-0.3, -0.25) is 4.79 Å². The lowest BCUT2D eigenvalue weighted by atomic mass is 10.3. The number of carbonyl (C=O) groups is 1. The number of carbonyl (C=O) groups excluding carboxylic acids is 1. The average molecular weight is 427 g/mol. The molecule has 158 valence electrons. The Hall–Kier alpha value is -3.00. The van der Waals surface area contributed by atoms with E-state index in [0.717, 1.165) is 5.69 Å². The van der Waals surface area contributed by atoms with E-state index in [4.69, 9.17) is 9.47 Å². The number of anilines is 1. The van der Waals surface area contributed by atoms with Crippen LogP contribution in [0.4, 0.5) is 5.69 Å². The third-order valence-electron chi connectivity index (χ3n) is 4.49. The van der Waals surface area contributed by atoms with Crippen LogP contribution in [0, 0.1) is 0 Å². The van der Waals surface area contributed by atoms with Crippen molar-refractivity contribution in [3.63, 3.8) is 0 Å². The van der Waals surface area contributed by atoms with E-state index in [1.165, 1.54) is 11.8 Å². The normalized spacial score (nSPS) is 12.8. The summed E-state index contributed by atoms with van der Waals surface area (Å²) in [7, 11) is 1.61. The lowest BCUT2D eigenvalue weighted by Gasteiger charge is -2.17. The molecule has 0 fully saturated rings. The fourth-order valence-electron chi connectivity index (χ4n) is 2.92. The molecule has 3 aromatic rings. The molecular formula is C22H26N4O3S. The highest BCUT2D eigenvalue weighted by atomic mass is 32.2. The van der Waals surface area contributed by atoms with Gasteiger partial charge < -0.3 is 19.4 Å². The molecule has 1 amide bonds. The molecule has 1 aromatic heterocycles.